The van der Waals surface area contributed by atoms with Gasteiger partial charge in [0.2, 0.25) is 4.91 Å². The molecule has 0 radical (unpaired) electrons. The van der Waals surface area contributed by atoms with Crippen LogP contribution in [0.2, 0.25) is 0 Å². The summed E-state index contributed by atoms with van der Waals surface area (Å²) in [7, 11) is 1.49. The maximum absolute atomic E-state index is 13.5. The van der Waals surface area contributed by atoms with Crippen LogP contribution in [0.25, 0.3) is 11.0 Å². The minimum Gasteiger partial charge on any atom is -0.493 e. The van der Waals surface area contributed by atoms with Crippen LogP contribution in [0.5, 0.6) is 5.75 Å². The van der Waals surface area contributed by atoms with Gasteiger partial charge in [-0.15, -0.1) is 0 Å². The zero-order valence-corrected chi connectivity index (χ0v) is 19.8. The van der Waals surface area contributed by atoms with E-state index < -0.39 is 17.6 Å². The van der Waals surface area contributed by atoms with Gasteiger partial charge in [0.25, 0.3) is 5.91 Å². The van der Waals surface area contributed by atoms with E-state index in [9.17, 15) is 18.0 Å². The number of amides is 1. The van der Waals surface area contributed by atoms with Crippen LogP contribution in [-0.4, -0.2) is 24.7 Å². The molecule has 2 N–H and O–H groups in total. The van der Waals surface area contributed by atoms with Gasteiger partial charge in [0.15, 0.2) is 21.7 Å². The number of halogens is 3. The third kappa shape index (κ3) is 7.11. The molecule has 0 unspecified atom stereocenters. The number of hydrogen-bond donors (Lipinski definition) is 2. The van der Waals surface area contributed by atoms with Gasteiger partial charge in [0.05, 0.1) is 12.2 Å². The van der Waals surface area contributed by atoms with Gasteiger partial charge >= 0.3 is 6.18 Å². The lowest BCUT2D eigenvalue weighted by molar-refractivity contribution is -0.138. The van der Waals surface area contributed by atoms with E-state index >= 15 is 0 Å². The summed E-state index contributed by atoms with van der Waals surface area (Å²) in [6.45, 7) is 2.18. The van der Waals surface area contributed by atoms with Crippen molar-refractivity contribution >= 4 is 45.6 Å². The van der Waals surface area contributed by atoms with E-state index in [1.165, 1.54) is 25.2 Å². The molecule has 184 valence electrons. The van der Waals surface area contributed by atoms with E-state index in [1.54, 1.807) is 18.2 Å². The highest BCUT2D eigenvalue weighted by Crippen LogP contribution is 2.38. The van der Waals surface area contributed by atoms with Gasteiger partial charge in [-0.05, 0) is 61.1 Å². The highest BCUT2D eigenvalue weighted by atomic mass is 32.1. The van der Waals surface area contributed by atoms with Crippen molar-refractivity contribution in [3.8, 4) is 5.75 Å². The Balaban J connectivity index is 1.69. The van der Waals surface area contributed by atoms with Gasteiger partial charge in [0, 0.05) is 11.1 Å². The molecule has 0 aliphatic heterocycles. The summed E-state index contributed by atoms with van der Waals surface area (Å²) >= 11 is 5.10. The lowest BCUT2D eigenvalue weighted by Crippen LogP contribution is -2.34. The molecule has 0 bridgehead atoms. The molecule has 8 nitrogen and oxygen atoms in total. The fourth-order valence-electron chi connectivity index (χ4n) is 3.12. The van der Waals surface area contributed by atoms with Gasteiger partial charge in [-0.25, -0.2) is 0 Å². The smallest absolute Gasteiger partial charge is 0.420 e. The van der Waals surface area contributed by atoms with E-state index in [-0.39, 0.29) is 28.9 Å². The number of thiocarbonyl (C=S) groups is 1. The predicted molar refractivity (Wildman–Crippen MR) is 129 cm³/mol. The van der Waals surface area contributed by atoms with Crippen LogP contribution in [0.3, 0.4) is 0 Å². The molecular weight excluding hydrogens is 483 g/mol. The number of anilines is 1. The lowest BCUT2D eigenvalue weighted by atomic mass is 10.1. The Morgan fingerprint density at radius 3 is 2.69 bits per heavy atom. The maximum atomic E-state index is 13.5. The van der Waals surface area contributed by atoms with Crippen molar-refractivity contribution in [3.63, 3.8) is 0 Å². The first kappa shape index (κ1) is 25.9. The number of unbranched alkanes of at least 4 members (excludes halogenated alkanes) is 2. The summed E-state index contributed by atoms with van der Waals surface area (Å²) < 4.78 is 51.4. The predicted octanol–water partition coefficient (Wildman–Crippen LogP) is 6.38. The van der Waals surface area contributed by atoms with E-state index in [1.807, 2.05) is 6.92 Å². The Morgan fingerprint density at radius 1 is 1.17 bits per heavy atom. The van der Waals surface area contributed by atoms with Gasteiger partial charge in [-0.2, -0.15) is 13.2 Å². The number of carbonyl (C=O) groups excluding carboxylic acids is 1. The fraction of sp³-hybridized carbons (Fsp3) is 0.304. The van der Waals surface area contributed by atoms with Crippen molar-refractivity contribution in [1.29, 1.82) is 0 Å². The van der Waals surface area contributed by atoms with Gasteiger partial charge in [-0.1, -0.05) is 19.8 Å². The highest BCUT2D eigenvalue weighted by Gasteiger charge is 2.35. The Kier molecular flexibility index (Phi) is 8.56. The fourth-order valence-corrected chi connectivity index (χ4v) is 3.33. The van der Waals surface area contributed by atoms with Crippen molar-refractivity contribution in [3.05, 3.63) is 53.8 Å². The molecule has 1 amide bonds. The topological polar surface area (TPSA) is 102 Å². The molecule has 0 spiro atoms. The number of alkyl halides is 3. The van der Waals surface area contributed by atoms with Crippen LogP contribution in [0.15, 0.2) is 57.1 Å². The number of ether oxygens (including phenoxy) is 1. The van der Waals surface area contributed by atoms with Crippen molar-refractivity contribution in [2.45, 2.75) is 32.4 Å². The van der Waals surface area contributed by atoms with Crippen LogP contribution in [0, 0.1) is 0 Å². The second kappa shape index (κ2) is 11.6. The molecule has 2 aromatic carbocycles. The third-order valence-corrected chi connectivity index (χ3v) is 4.95. The number of fused-ring (bicyclic) bond motifs is 1. The minimum absolute atomic E-state index is 0.0368. The SMILES string of the molecule is CCCCCOc1ccc(NC(=S)NC(=O)c2cc3cc(N=[N+]=NC)ccc3o2)cc1C(F)(F)F. The van der Waals surface area contributed by atoms with Gasteiger partial charge < -0.3 is 14.5 Å². The largest absolute Gasteiger partial charge is 0.493 e. The second-order valence-electron chi connectivity index (χ2n) is 7.39. The van der Waals surface area contributed by atoms with Gasteiger partial charge in [0.1, 0.15) is 23.5 Å². The molecule has 0 aliphatic carbocycles. The summed E-state index contributed by atoms with van der Waals surface area (Å²) in [4.78, 5) is 16.1. The summed E-state index contributed by atoms with van der Waals surface area (Å²) in [5.74, 6) is -0.967. The molecule has 1 aromatic heterocycles. The van der Waals surface area contributed by atoms with Crippen molar-refractivity contribution in [2.24, 2.45) is 10.2 Å². The standard InChI is InChI=1S/C23H22F3N5O3S/c1-3-4-5-10-33-19-9-6-15(13-17(19)23(24,25)26)28-22(35)29-21(32)20-12-14-11-16(30-31-27-2)7-8-18(14)34-20/h6-9,11-13H,3-5,10H2,1-2H3,(H-,28,29,32,35)/p+1. The quantitative estimate of drug-likeness (QED) is 0.160. The van der Waals surface area contributed by atoms with Crippen molar-refractivity contribution < 1.29 is 27.1 Å². The molecule has 1 heterocycles. The first-order chi connectivity index (χ1) is 16.7. The summed E-state index contributed by atoms with van der Waals surface area (Å²) in [6, 6.07) is 9.91. The molecule has 3 rings (SSSR count). The molecule has 0 saturated carbocycles. The Labute approximate surface area is 204 Å². The molecule has 0 aliphatic rings. The monoisotopic (exact) mass is 506 g/mol. The summed E-state index contributed by atoms with van der Waals surface area (Å²) in [5.41, 5.74) is 0.0655. The maximum Gasteiger partial charge on any atom is 0.420 e. The number of benzene rings is 2. The van der Waals surface area contributed by atoms with Crippen molar-refractivity contribution in [1.82, 2.24) is 10.2 Å². The molecule has 35 heavy (non-hydrogen) atoms. The number of hydrogen-bond acceptors (Lipinski definition) is 6. The lowest BCUT2D eigenvalue weighted by Gasteiger charge is -2.16. The van der Waals surface area contributed by atoms with Gasteiger partial charge in [-0.3, -0.25) is 10.1 Å². The zero-order chi connectivity index (χ0) is 25.4. The summed E-state index contributed by atoms with van der Waals surface area (Å²) in [6.07, 6.45) is -2.17. The molecule has 3 aromatic rings. The molecule has 0 saturated heterocycles. The Morgan fingerprint density at radius 2 is 1.97 bits per heavy atom. The van der Waals surface area contributed by atoms with E-state index in [0.717, 1.165) is 18.9 Å². The number of furan rings is 1. The second-order valence-corrected chi connectivity index (χ2v) is 7.80. The Bertz CT molecular complexity index is 1280. The third-order valence-electron chi connectivity index (χ3n) is 4.75. The van der Waals surface area contributed by atoms with Crippen LogP contribution in [0.1, 0.15) is 42.3 Å². The average Bonchev–Trinajstić information content (AvgIpc) is 3.24. The van der Waals surface area contributed by atoms with Crippen LogP contribution < -0.4 is 20.3 Å². The summed E-state index contributed by atoms with van der Waals surface area (Å²) in [5, 5.41) is 12.8. The normalized spacial score (nSPS) is 11.0. The van der Waals surface area contributed by atoms with E-state index in [4.69, 9.17) is 21.4 Å². The minimum atomic E-state index is -4.62. The van der Waals surface area contributed by atoms with Crippen LogP contribution in [-0.2, 0) is 6.18 Å². The molecule has 0 fully saturated rings. The first-order valence-corrected chi connectivity index (χ1v) is 11.1. The van der Waals surface area contributed by atoms with Crippen molar-refractivity contribution in [2.75, 3.05) is 19.0 Å². The average molecular weight is 507 g/mol. The number of carbonyl (C=O) groups is 1. The molecule has 12 heteroatoms. The number of rotatable bonds is 8. The molecular formula is C23H23F3N5O3S+. The molecule has 0 atom stereocenters. The number of nitrogens with zero attached hydrogens (tertiary/aromatic N) is 3. The first-order valence-electron chi connectivity index (χ1n) is 10.7. The van der Waals surface area contributed by atoms with Crippen LogP contribution in [0.4, 0.5) is 24.5 Å². The zero-order valence-electron chi connectivity index (χ0n) is 19.0. The highest BCUT2D eigenvalue weighted by molar-refractivity contribution is 7.80. The van der Waals surface area contributed by atoms with Crippen LogP contribution >= 0.6 is 12.2 Å². The van der Waals surface area contributed by atoms with E-state index in [0.29, 0.717) is 23.1 Å². The Hall–Kier alpha value is -3.76. The van der Waals surface area contributed by atoms with E-state index in [2.05, 4.69) is 25.8 Å². The number of nitrogens with one attached hydrogen (secondary N) is 2.